The quantitative estimate of drug-likeness (QED) is 0.419. The number of pyridine rings is 1. The van der Waals surface area contributed by atoms with E-state index in [0.717, 1.165) is 5.56 Å². The number of carboxylic acids is 2. The van der Waals surface area contributed by atoms with E-state index in [1.807, 2.05) is 30.3 Å². The summed E-state index contributed by atoms with van der Waals surface area (Å²) in [6.45, 7) is 0. The van der Waals surface area contributed by atoms with Gasteiger partial charge in [-0.25, -0.2) is 15.2 Å². The number of para-hydroxylation sites is 1. The summed E-state index contributed by atoms with van der Waals surface area (Å²) < 4.78 is 0. The van der Waals surface area contributed by atoms with E-state index in [0.29, 0.717) is 16.6 Å². The Labute approximate surface area is 165 Å². The molecule has 0 unspecified atom stereocenters. The van der Waals surface area contributed by atoms with E-state index in [9.17, 15) is 14.4 Å². The standard InChI is InChI=1S/C21H17N3O5/c25-19(26)11-10-17(21(28)29)23-24-20(27)15-12-18(13-6-2-1-3-7-13)22-16-9-5-4-8-14(15)16/h1-9,12H,10-11H2,(H,24,27)(H,25,26)(H,28,29)/b23-17-. The summed E-state index contributed by atoms with van der Waals surface area (Å²) in [6.07, 6.45) is -0.714. The van der Waals surface area contributed by atoms with E-state index < -0.39 is 30.0 Å². The number of benzene rings is 2. The van der Waals surface area contributed by atoms with Gasteiger partial charge in [-0.3, -0.25) is 9.59 Å². The molecule has 0 atom stereocenters. The Morgan fingerprint density at radius 1 is 0.931 bits per heavy atom. The van der Waals surface area contributed by atoms with Crippen molar-refractivity contribution in [2.45, 2.75) is 12.8 Å². The van der Waals surface area contributed by atoms with E-state index in [-0.39, 0.29) is 12.0 Å². The van der Waals surface area contributed by atoms with Crippen LogP contribution < -0.4 is 5.43 Å². The lowest BCUT2D eigenvalue weighted by Crippen LogP contribution is -2.24. The minimum absolute atomic E-state index is 0.279. The average Bonchev–Trinajstić information content (AvgIpc) is 2.72. The molecule has 0 radical (unpaired) electrons. The number of nitrogens with zero attached hydrogens (tertiary/aromatic N) is 2. The molecule has 1 heterocycles. The lowest BCUT2D eigenvalue weighted by atomic mass is 10.0. The van der Waals surface area contributed by atoms with Gasteiger partial charge in [0, 0.05) is 17.4 Å². The number of hydrazone groups is 1. The van der Waals surface area contributed by atoms with Crippen molar-refractivity contribution in [1.29, 1.82) is 0 Å². The second-order valence-electron chi connectivity index (χ2n) is 6.14. The summed E-state index contributed by atoms with van der Waals surface area (Å²) in [5, 5.41) is 22.1. The summed E-state index contributed by atoms with van der Waals surface area (Å²) in [5.41, 5.74) is 4.07. The van der Waals surface area contributed by atoms with Crippen LogP contribution in [0.3, 0.4) is 0 Å². The lowest BCUT2D eigenvalue weighted by molar-refractivity contribution is -0.136. The summed E-state index contributed by atoms with van der Waals surface area (Å²) >= 11 is 0. The van der Waals surface area contributed by atoms with Crippen molar-refractivity contribution in [3.8, 4) is 11.3 Å². The molecular weight excluding hydrogens is 374 g/mol. The lowest BCUT2D eigenvalue weighted by Gasteiger charge is -2.09. The van der Waals surface area contributed by atoms with Crippen LogP contribution in [-0.4, -0.2) is 38.8 Å². The van der Waals surface area contributed by atoms with Crippen LogP contribution in [0.4, 0.5) is 0 Å². The number of aromatic nitrogens is 1. The van der Waals surface area contributed by atoms with Gasteiger partial charge in [0.25, 0.3) is 5.91 Å². The van der Waals surface area contributed by atoms with Crippen molar-refractivity contribution in [2.24, 2.45) is 5.10 Å². The summed E-state index contributed by atoms with van der Waals surface area (Å²) in [5.74, 6) is -3.16. The van der Waals surface area contributed by atoms with Crippen LogP contribution in [0.15, 0.2) is 65.8 Å². The van der Waals surface area contributed by atoms with Crippen molar-refractivity contribution in [1.82, 2.24) is 10.4 Å². The molecule has 0 spiro atoms. The first-order chi connectivity index (χ1) is 14.0. The number of carboxylic acid groups (broad SMARTS) is 2. The Hall–Kier alpha value is -4.07. The molecule has 0 bridgehead atoms. The predicted molar refractivity (Wildman–Crippen MR) is 107 cm³/mol. The van der Waals surface area contributed by atoms with Crippen molar-refractivity contribution < 1.29 is 24.6 Å². The molecule has 0 fully saturated rings. The maximum absolute atomic E-state index is 12.8. The Morgan fingerprint density at radius 2 is 1.62 bits per heavy atom. The monoisotopic (exact) mass is 391 g/mol. The smallest absolute Gasteiger partial charge is 0.352 e. The molecule has 3 rings (SSSR count). The van der Waals surface area contributed by atoms with Gasteiger partial charge in [-0.15, -0.1) is 0 Å². The predicted octanol–water partition coefficient (Wildman–Crippen LogP) is 2.94. The molecule has 1 amide bonds. The SMILES string of the molecule is O=C(O)CC/C(=N/NC(=O)c1cc(-c2ccccc2)nc2ccccc12)C(=O)O. The largest absolute Gasteiger partial charge is 0.481 e. The fourth-order valence-corrected chi connectivity index (χ4v) is 2.73. The van der Waals surface area contributed by atoms with Crippen molar-refractivity contribution >= 4 is 34.5 Å². The number of fused-ring (bicyclic) bond motifs is 1. The van der Waals surface area contributed by atoms with Gasteiger partial charge in [-0.2, -0.15) is 5.10 Å². The number of rotatable bonds is 7. The summed E-state index contributed by atoms with van der Waals surface area (Å²) in [6, 6.07) is 18.0. The van der Waals surface area contributed by atoms with Gasteiger partial charge in [-0.1, -0.05) is 48.5 Å². The maximum atomic E-state index is 12.8. The topological polar surface area (TPSA) is 129 Å². The number of nitrogens with one attached hydrogen (secondary N) is 1. The molecule has 0 aliphatic rings. The number of carbonyl (C=O) groups excluding carboxylic acids is 1. The highest BCUT2D eigenvalue weighted by Gasteiger charge is 2.16. The number of carbonyl (C=O) groups is 3. The molecule has 2 aromatic carbocycles. The third-order valence-electron chi connectivity index (χ3n) is 4.15. The highest BCUT2D eigenvalue weighted by molar-refractivity contribution is 6.36. The summed E-state index contributed by atoms with van der Waals surface area (Å²) in [4.78, 5) is 39.2. The fraction of sp³-hybridized carbons (Fsp3) is 0.0952. The van der Waals surface area contributed by atoms with Gasteiger partial charge in [0.2, 0.25) is 0 Å². The first-order valence-corrected chi connectivity index (χ1v) is 8.73. The Morgan fingerprint density at radius 3 is 2.31 bits per heavy atom. The normalized spacial score (nSPS) is 11.2. The Bertz CT molecular complexity index is 1110. The van der Waals surface area contributed by atoms with E-state index in [1.165, 1.54) is 0 Å². The number of amides is 1. The van der Waals surface area contributed by atoms with E-state index in [2.05, 4.69) is 15.5 Å². The molecular formula is C21H17N3O5. The van der Waals surface area contributed by atoms with E-state index in [4.69, 9.17) is 10.2 Å². The molecule has 0 aliphatic heterocycles. The third-order valence-corrected chi connectivity index (χ3v) is 4.15. The van der Waals surface area contributed by atoms with Crippen LogP contribution in [0.1, 0.15) is 23.2 Å². The van der Waals surface area contributed by atoms with Gasteiger partial charge in [0.15, 0.2) is 0 Å². The zero-order valence-corrected chi connectivity index (χ0v) is 15.2. The van der Waals surface area contributed by atoms with Crippen molar-refractivity contribution in [3.05, 3.63) is 66.2 Å². The maximum Gasteiger partial charge on any atom is 0.352 e. The Kier molecular flexibility index (Phi) is 5.94. The second-order valence-corrected chi connectivity index (χ2v) is 6.14. The van der Waals surface area contributed by atoms with E-state index >= 15 is 0 Å². The number of hydrogen-bond acceptors (Lipinski definition) is 5. The Balaban J connectivity index is 1.97. The fourth-order valence-electron chi connectivity index (χ4n) is 2.73. The molecule has 8 heteroatoms. The first-order valence-electron chi connectivity index (χ1n) is 8.73. The van der Waals surface area contributed by atoms with Crippen molar-refractivity contribution in [3.63, 3.8) is 0 Å². The minimum Gasteiger partial charge on any atom is -0.481 e. The first kappa shape index (κ1) is 19.7. The van der Waals surface area contributed by atoms with Gasteiger partial charge in [-0.05, 0) is 12.1 Å². The van der Waals surface area contributed by atoms with Gasteiger partial charge < -0.3 is 10.2 Å². The van der Waals surface area contributed by atoms with Gasteiger partial charge >= 0.3 is 11.9 Å². The molecule has 1 aromatic heterocycles. The zero-order valence-electron chi connectivity index (χ0n) is 15.2. The molecule has 146 valence electrons. The molecule has 3 N–H and O–H groups in total. The highest BCUT2D eigenvalue weighted by atomic mass is 16.4. The molecule has 3 aromatic rings. The van der Waals surface area contributed by atoms with Crippen LogP contribution in [-0.2, 0) is 9.59 Å². The van der Waals surface area contributed by atoms with Crippen LogP contribution in [0, 0.1) is 0 Å². The summed E-state index contributed by atoms with van der Waals surface area (Å²) in [7, 11) is 0. The minimum atomic E-state index is -1.39. The number of aliphatic carboxylic acids is 2. The zero-order chi connectivity index (χ0) is 20.8. The second kappa shape index (κ2) is 8.75. The van der Waals surface area contributed by atoms with Crippen molar-refractivity contribution in [2.75, 3.05) is 0 Å². The van der Waals surface area contributed by atoms with Gasteiger partial charge in [0.05, 0.1) is 23.2 Å². The van der Waals surface area contributed by atoms with E-state index in [1.54, 1.807) is 30.3 Å². The molecule has 0 saturated heterocycles. The van der Waals surface area contributed by atoms with Crippen LogP contribution in [0.5, 0.6) is 0 Å². The molecule has 0 saturated carbocycles. The third kappa shape index (κ3) is 4.81. The molecule has 8 nitrogen and oxygen atoms in total. The number of hydrogen-bond donors (Lipinski definition) is 3. The van der Waals surface area contributed by atoms with Crippen LogP contribution >= 0.6 is 0 Å². The molecule has 0 aliphatic carbocycles. The molecule has 29 heavy (non-hydrogen) atoms. The average molecular weight is 391 g/mol. The highest BCUT2D eigenvalue weighted by Crippen LogP contribution is 2.24. The van der Waals surface area contributed by atoms with Crippen LogP contribution in [0.2, 0.25) is 0 Å². The van der Waals surface area contributed by atoms with Gasteiger partial charge in [0.1, 0.15) is 5.71 Å². The van der Waals surface area contributed by atoms with Crippen LogP contribution in [0.25, 0.3) is 22.2 Å².